The van der Waals surface area contributed by atoms with Gasteiger partial charge < -0.3 is 24.8 Å². The van der Waals surface area contributed by atoms with Crippen molar-refractivity contribution in [2.75, 3.05) is 24.1 Å². The molecule has 0 aromatic heterocycles. The van der Waals surface area contributed by atoms with E-state index < -0.39 is 24.2 Å². The molecule has 140 valence electrons. The highest BCUT2D eigenvalue weighted by atomic mass is 32.2. The van der Waals surface area contributed by atoms with Gasteiger partial charge in [-0.15, -0.1) is 11.8 Å². The maximum atomic E-state index is 12.7. The van der Waals surface area contributed by atoms with Gasteiger partial charge in [0.05, 0.1) is 13.0 Å². The number of carboxylic acids is 1. The molecule has 1 unspecified atom stereocenters. The molecule has 0 bridgehead atoms. The Balaban J connectivity index is 1.62. The third-order valence-electron chi connectivity index (χ3n) is 4.40. The number of aliphatic carboxylic acids is 1. The summed E-state index contributed by atoms with van der Waals surface area (Å²) in [6.45, 7) is 0. The average Bonchev–Trinajstić information content (AvgIpc) is 3.31. The number of anilines is 1. The Hall–Kier alpha value is -2.26. The van der Waals surface area contributed by atoms with Gasteiger partial charge in [0.15, 0.2) is 6.10 Å². The summed E-state index contributed by atoms with van der Waals surface area (Å²) in [5.74, 6) is -0.109. The molecule has 1 aromatic rings. The monoisotopic (exact) mass is 380 g/mol. The predicted molar refractivity (Wildman–Crippen MR) is 95.1 cm³/mol. The standard InChI is InChI=1S/C17H20N2O6S/c1-24-11-4-2-10(3-5-11)18-15(20)12-8-26-9-19(12)16(21)13-6-7-14(25-13)17(22)23/h2-5,12-14H,6-9H2,1H3,(H,18,20)(H,22,23)/t12?,13-,14+/m0/s1. The molecule has 2 aliphatic heterocycles. The molecular formula is C17H20N2O6S. The number of hydrogen-bond acceptors (Lipinski definition) is 6. The number of rotatable bonds is 5. The zero-order valence-electron chi connectivity index (χ0n) is 14.2. The molecule has 8 nitrogen and oxygen atoms in total. The summed E-state index contributed by atoms with van der Waals surface area (Å²) >= 11 is 1.48. The van der Waals surface area contributed by atoms with E-state index in [1.165, 1.54) is 16.7 Å². The first kappa shape index (κ1) is 18.5. The normalized spacial score (nSPS) is 25.1. The second-order valence-electron chi connectivity index (χ2n) is 6.07. The molecule has 0 saturated carbocycles. The van der Waals surface area contributed by atoms with Crippen LogP contribution in [0.4, 0.5) is 5.69 Å². The van der Waals surface area contributed by atoms with Crippen LogP contribution >= 0.6 is 11.8 Å². The molecular weight excluding hydrogens is 360 g/mol. The van der Waals surface area contributed by atoms with Gasteiger partial charge in [0.1, 0.15) is 17.9 Å². The average molecular weight is 380 g/mol. The first-order valence-corrected chi connectivity index (χ1v) is 9.36. The lowest BCUT2D eigenvalue weighted by molar-refractivity contribution is -0.155. The van der Waals surface area contributed by atoms with Crippen LogP contribution in [0.1, 0.15) is 12.8 Å². The van der Waals surface area contributed by atoms with Crippen molar-refractivity contribution < 1.29 is 29.0 Å². The summed E-state index contributed by atoms with van der Waals surface area (Å²) in [4.78, 5) is 37.7. The van der Waals surface area contributed by atoms with Crippen molar-refractivity contribution in [2.24, 2.45) is 0 Å². The van der Waals surface area contributed by atoms with Gasteiger partial charge in [-0.2, -0.15) is 0 Å². The Morgan fingerprint density at radius 1 is 1.23 bits per heavy atom. The SMILES string of the molecule is COc1ccc(NC(=O)C2CSCN2C(=O)[C@@H]2CC[C@H](C(=O)O)O2)cc1. The minimum absolute atomic E-state index is 0.277. The summed E-state index contributed by atoms with van der Waals surface area (Å²) in [5, 5.41) is 11.8. The number of carbonyl (C=O) groups is 3. The second kappa shape index (κ2) is 7.96. The number of methoxy groups -OCH3 is 1. The van der Waals surface area contributed by atoms with Crippen molar-refractivity contribution in [1.82, 2.24) is 4.90 Å². The summed E-state index contributed by atoms with van der Waals surface area (Å²) < 4.78 is 10.4. The van der Waals surface area contributed by atoms with E-state index >= 15 is 0 Å². The molecule has 2 N–H and O–H groups in total. The molecule has 2 saturated heterocycles. The van der Waals surface area contributed by atoms with Crippen LogP contribution in [0.15, 0.2) is 24.3 Å². The largest absolute Gasteiger partial charge is 0.497 e. The number of carbonyl (C=O) groups excluding carboxylic acids is 2. The molecule has 2 aliphatic rings. The van der Waals surface area contributed by atoms with Crippen LogP contribution in [0.25, 0.3) is 0 Å². The highest BCUT2D eigenvalue weighted by Crippen LogP contribution is 2.28. The van der Waals surface area contributed by atoms with Crippen LogP contribution in [0.2, 0.25) is 0 Å². The smallest absolute Gasteiger partial charge is 0.332 e. The van der Waals surface area contributed by atoms with Gasteiger partial charge in [-0.05, 0) is 37.1 Å². The first-order valence-electron chi connectivity index (χ1n) is 8.21. The first-order chi connectivity index (χ1) is 12.5. The number of carboxylic acid groups (broad SMARTS) is 1. The topological polar surface area (TPSA) is 105 Å². The zero-order chi connectivity index (χ0) is 18.7. The molecule has 1 aromatic carbocycles. The van der Waals surface area contributed by atoms with Crippen LogP contribution in [0.5, 0.6) is 5.75 Å². The molecule has 0 aliphatic carbocycles. The van der Waals surface area contributed by atoms with Crippen LogP contribution in [0.3, 0.4) is 0 Å². The summed E-state index contributed by atoms with van der Waals surface area (Å²) in [6.07, 6.45) is -1.10. The van der Waals surface area contributed by atoms with E-state index in [4.69, 9.17) is 14.6 Å². The highest BCUT2D eigenvalue weighted by molar-refractivity contribution is 7.99. The minimum Gasteiger partial charge on any atom is -0.497 e. The quantitative estimate of drug-likeness (QED) is 0.790. The van der Waals surface area contributed by atoms with E-state index in [9.17, 15) is 14.4 Å². The summed E-state index contributed by atoms with van der Waals surface area (Å²) in [6, 6.07) is 6.31. The van der Waals surface area contributed by atoms with Crippen molar-refractivity contribution in [2.45, 2.75) is 31.1 Å². The second-order valence-corrected chi connectivity index (χ2v) is 7.07. The Bertz CT molecular complexity index is 695. The Kier molecular flexibility index (Phi) is 5.67. The van der Waals surface area contributed by atoms with E-state index in [1.807, 2.05) is 0 Å². The maximum absolute atomic E-state index is 12.7. The molecule has 2 heterocycles. The molecule has 26 heavy (non-hydrogen) atoms. The van der Waals surface area contributed by atoms with E-state index in [-0.39, 0.29) is 11.8 Å². The fourth-order valence-corrected chi connectivity index (χ4v) is 4.13. The minimum atomic E-state index is -1.06. The van der Waals surface area contributed by atoms with Crippen LogP contribution in [0, 0.1) is 0 Å². The van der Waals surface area contributed by atoms with E-state index in [0.29, 0.717) is 35.9 Å². The fraction of sp³-hybridized carbons (Fsp3) is 0.471. The van der Waals surface area contributed by atoms with Crippen molar-refractivity contribution >= 4 is 35.2 Å². The summed E-state index contributed by atoms with van der Waals surface area (Å²) in [5.41, 5.74) is 0.614. The Morgan fingerprint density at radius 3 is 2.54 bits per heavy atom. The van der Waals surface area contributed by atoms with E-state index in [2.05, 4.69) is 5.32 Å². The summed E-state index contributed by atoms with van der Waals surface area (Å²) in [7, 11) is 1.56. The van der Waals surface area contributed by atoms with Crippen molar-refractivity contribution in [3.63, 3.8) is 0 Å². The van der Waals surface area contributed by atoms with Gasteiger partial charge in [0.25, 0.3) is 5.91 Å². The molecule has 0 spiro atoms. The Labute approximate surface area is 154 Å². The highest BCUT2D eigenvalue weighted by Gasteiger charge is 2.42. The van der Waals surface area contributed by atoms with E-state index in [0.717, 1.165) is 0 Å². The molecule has 2 amide bonds. The lowest BCUT2D eigenvalue weighted by Crippen LogP contribution is -2.48. The van der Waals surface area contributed by atoms with Crippen molar-refractivity contribution in [1.29, 1.82) is 0 Å². The van der Waals surface area contributed by atoms with Crippen LogP contribution in [-0.4, -0.2) is 64.8 Å². The predicted octanol–water partition coefficient (Wildman–Crippen LogP) is 1.17. The van der Waals surface area contributed by atoms with Crippen LogP contribution in [-0.2, 0) is 19.1 Å². The van der Waals surface area contributed by atoms with Gasteiger partial charge in [-0.3, -0.25) is 9.59 Å². The number of nitrogens with zero attached hydrogens (tertiary/aromatic N) is 1. The number of ether oxygens (including phenoxy) is 2. The number of thioether (sulfide) groups is 1. The van der Waals surface area contributed by atoms with Gasteiger partial charge in [0, 0.05) is 11.4 Å². The molecule has 9 heteroatoms. The Morgan fingerprint density at radius 2 is 1.92 bits per heavy atom. The molecule has 3 rings (SSSR count). The van der Waals surface area contributed by atoms with Crippen molar-refractivity contribution in [3.8, 4) is 5.75 Å². The number of benzene rings is 1. The van der Waals surface area contributed by atoms with Crippen LogP contribution < -0.4 is 10.1 Å². The third-order valence-corrected chi connectivity index (χ3v) is 5.41. The van der Waals surface area contributed by atoms with E-state index in [1.54, 1.807) is 31.4 Å². The molecule has 3 atom stereocenters. The fourth-order valence-electron chi connectivity index (χ4n) is 2.96. The number of amides is 2. The number of nitrogens with one attached hydrogen (secondary N) is 1. The third kappa shape index (κ3) is 3.94. The molecule has 0 radical (unpaired) electrons. The van der Waals surface area contributed by atoms with Gasteiger partial charge in [-0.25, -0.2) is 4.79 Å². The van der Waals surface area contributed by atoms with Gasteiger partial charge >= 0.3 is 5.97 Å². The molecule has 2 fully saturated rings. The maximum Gasteiger partial charge on any atom is 0.332 e. The number of hydrogen-bond donors (Lipinski definition) is 2. The van der Waals surface area contributed by atoms with Gasteiger partial charge in [-0.1, -0.05) is 0 Å². The lowest BCUT2D eigenvalue weighted by Gasteiger charge is -2.25. The van der Waals surface area contributed by atoms with Crippen molar-refractivity contribution in [3.05, 3.63) is 24.3 Å². The zero-order valence-corrected chi connectivity index (χ0v) is 15.0. The van der Waals surface area contributed by atoms with Gasteiger partial charge in [0.2, 0.25) is 5.91 Å². The lowest BCUT2D eigenvalue weighted by atomic mass is 10.1.